The van der Waals surface area contributed by atoms with Crippen LogP contribution in [0.2, 0.25) is 0 Å². The maximum absolute atomic E-state index is 13.3. The van der Waals surface area contributed by atoms with Gasteiger partial charge in [-0.3, -0.25) is 14.0 Å². The molecule has 0 bridgehead atoms. The summed E-state index contributed by atoms with van der Waals surface area (Å²) in [5.74, 6) is 1.64. The highest BCUT2D eigenvalue weighted by molar-refractivity contribution is 7.99. The van der Waals surface area contributed by atoms with Gasteiger partial charge in [-0.05, 0) is 35.7 Å². The number of sulfonamides is 1. The molecule has 0 radical (unpaired) electrons. The van der Waals surface area contributed by atoms with Crippen molar-refractivity contribution in [2.75, 3.05) is 48.2 Å². The van der Waals surface area contributed by atoms with Crippen LogP contribution in [0.3, 0.4) is 0 Å². The Bertz CT molecular complexity index is 1320. The normalized spacial score (nSPS) is 14.9. The molecule has 1 saturated heterocycles. The highest BCUT2D eigenvalue weighted by Crippen LogP contribution is 2.32. The number of nitrogens with two attached hydrogens (primary N) is 1. The molecular formula is C24H29FN4O4S2. The summed E-state index contributed by atoms with van der Waals surface area (Å²) in [6.07, 6.45) is 1.89. The first-order valence-electron chi connectivity index (χ1n) is 11.4. The van der Waals surface area contributed by atoms with E-state index in [2.05, 4.69) is 9.88 Å². The smallest absolute Gasteiger partial charge is 0.252 e. The van der Waals surface area contributed by atoms with Crippen LogP contribution in [0, 0.1) is 5.82 Å². The van der Waals surface area contributed by atoms with Crippen molar-refractivity contribution in [1.82, 2.24) is 9.88 Å². The van der Waals surface area contributed by atoms with Gasteiger partial charge < -0.3 is 10.2 Å². The molecule has 0 spiro atoms. The second kappa shape index (κ2) is 10.5. The lowest BCUT2D eigenvalue weighted by atomic mass is 10.0. The minimum Gasteiger partial charge on any atom is -0.441 e. The van der Waals surface area contributed by atoms with Crippen molar-refractivity contribution in [2.24, 2.45) is 5.73 Å². The number of fused-ring (bicyclic) bond motifs is 1. The third-order valence-electron chi connectivity index (χ3n) is 6.08. The average molecular weight is 521 g/mol. The lowest BCUT2D eigenvalue weighted by Crippen LogP contribution is -2.42. The zero-order chi connectivity index (χ0) is 25.2. The number of hydrogen-bond donors (Lipinski definition) is 1. The molecule has 8 nitrogen and oxygen atoms in total. The van der Waals surface area contributed by atoms with Crippen LogP contribution in [-0.2, 0) is 22.9 Å². The van der Waals surface area contributed by atoms with E-state index in [9.17, 15) is 17.6 Å². The fourth-order valence-electron chi connectivity index (χ4n) is 4.25. The van der Waals surface area contributed by atoms with Crippen LogP contribution in [-0.4, -0.2) is 68.1 Å². The lowest BCUT2D eigenvalue weighted by molar-refractivity contribution is 0.1000. The molecule has 0 unspecified atom stereocenters. The van der Waals surface area contributed by atoms with Gasteiger partial charge in [0, 0.05) is 44.1 Å². The number of benzene rings is 1. The summed E-state index contributed by atoms with van der Waals surface area (Å²) in [6.45, 7) is 4.60. The van der Waals surface area contributed by atoms with Gasteiger partial charge in [0.15, 0.2) is 0 Å². The van der Waals surface area contributed by atoms with Crippen LogP contribution in [0.15, 0.2) is 34.7 Å². The molecule has 2 N–H and O–H groups in total. The minimum absolute atomic E-state index is 0.145. The van der Waals surface area contributed by atoms with Gasteiger partial charge in [-0.1, -0.05) is 19.1 Å². The number of carbonyl (C=O) groups is 1. The largest absolute Gasteiger partial charge is 0.441 e. The van der Waals surface area contributed by atoms with Crippen molar-refractivity contribution >= 4 is 44.6 Å². The standard InChI is InChI=1S/C24H29FN4O4S2/c1-3-17-15-19-21(22(26)30)20(14-16-4-6-18(25)7-5-16)33-24(19)27-23(17)29(35(2,31)32)9-8-28-10-12-34-13-11-28/h4-7,15H,3,8-14H2,1-2H3,(H2,26,30). The molecule has 1 aliphatic rings. The molecule has 0 saturated carbocycles. The van der Waals surface area contributed by atoms with Gasteiger partial charge >= 0.3 is 0 Å². The number of halogens is 1. The first-order valence-corrected chi connectivity index (χ1v) is 14.4. The van der Waals surface area contributed by atoms with Crippen molar-refractivity contribution in [3.63, 3.8) is 0 Å². The van der Waals surface area contributed by atoms with Crippen LogP contribution in [0.4, 0.5) is 10.2 Å². The van der Waals surface area contributed by atoms with Gasteiger partial charge in [0.25, 0.3) is 5.91 Å². The third kappa shape index (κ3) is 5.79. The number of carbonyl (C=O) groups excluding carboxylic acids is 1. The highest BCUT2D eigenvalue weighted by atomic mass is 32.2. The Morgan fingerprint density at radius 1 is 1.26 bits per heavy atom. The molecule has 1 fully saturated rings. The molecule has 0 aliphatic carbocycles. The summed E-state index contributed by atoms with van der Waals surface area (Å²) >= 11 is 1.89. The van der Waals surface area contributed by atoms with Crippen molar-refractivity contribution in [2.45, 2.75) is 19.8 Å². The number of rotatable bonds is 9. The second-order valence-electron chi connectivity index (χ2n) is 8.53. The summed E-state index contributed by atoms with van der Waals surface area (Å²) in [7, 11) is -3.62. The lowest BCUT2D eigenvalue weighted by Gasteiger charge is -2.30. The third-order valence-corrected chi connectivity index (χ3v) is 8.18. The number of furan rings is 1. The summed E-state index contributed by atoms with van der Waals surface area (Å²) < 4.78 is 46.2. The molecule has 1 amide bonds. The Labute approximate surface area is 208 Å². The van der Waals surface area contributed by atoms with Gasteiger partial charge in [0.1, 0.15) is 17.4 Å². The Morgan fingerprint density at radius 2 is 1.94 bits per heavy atom. The van der Waals surface area contributed by atoms with Crippen molar-refractivity contribution < 1.29 is 22.0 Å². The molecule has 4 rings (SSSR count). The number of amides is 1. The summed E-state index contributed by atoms with van der Waals surface area (Å²) in [5, 5.41) is 0.441. The molecule has 11 heteroatoms. The SMILES string of the molecule is CCc1cc2c(C(N)=O)c(Cc3ccc(F)cc3)oc2nc1N(CCN1CCSCC1)S(C)(=O)=O. The van der Waals surface area contributed by atoms with Crippen LogP contribution in [0.1, 0.15) is 34.2 Å². The summed E-state index contributed by atoms with van der Waals surface area (Å²) in [6, 6.07) is 7.62. The average Bonchev–Trinajstić information content (AvgIpc) is 3.16. The van der Waals surface area contributed by atoms with Crippen molar-refractivity contribution in [1.29, 1.82) is 0 Å². The predicted octanol–water partition coefficient (Wildman–Crippen LogP) is 3.03. The van der Waals surface area contributed by atoms with Crippen LogP contribution in [0.25, 0.3) is 11.1 Å². The van der Waals surface area contributed by atoms with Crippen LogP contribution >= 0.6 is 11.8 Å². The number of aromatic nitrogens is 1. The van der Waals surface area contributed by atoms with E-state index < -0.39 is 15.9 Å². The Balaban J connectivity index is 1.75. The number of thioether (sulfide) groups is 1. The van der Waals surface area contributed by atoms with Crippen molar-refractivity contribution in [3.05, 3.63) is 58.6 Å². The number of anilines is 1. The number of aryl methyl sites for hydroxylation is 1. The zero-order valence-corrected chi connectivity index (χ0v) is 21.4. The molecule has 3 heterocycles. The van der Waals surface area contributed by atoms with Crippen LogP contribution < -0.4 is 10.0 Å². The maximum atomic E-state index is 13.3. The van der Waals surface area contributed by atoms with Gasteiger partial charge in [0.05, 0.1) is 17.2 Å². The molecule has 188 valence electrons. The van der Waals surface area contributed by atoms with Gasteiger partial charge in [-0.25, -0.2) is 12.8 Å². The molecule has 35 heavy (non-hydrogen) atoms. The molecule has 1 aromatic carbocycles. The van der Waals surface area contributed by atoms with E-state index in [-0.39, 0.29) is 30.1 Å². The Hall–Kier alpha value is -2.63. The quantitative estimate of drug-likeness (QED) is 0.462. The van der Waals surface area contributed by atoms with Gasteiger partial charge in [-0.15, -0.1) is 0 Å². The van der Waals surface area contributed by atoms with E-state index in [0.717, 1.165) is 30.2 Å². The summed E-state index contributed by atoms with van der Waals surface area (Å²) in [4.78, 5) is 19.2. The topological polar surface area (TPSA) is 110 Å². The number of hydrogen-bond acceptors (Lipinski definition) is 7. The van der Waals surface area contributed by atoms with E-state index in [1.54, 1.807) is 18.2 Å². The fourth-order valence-corrected chi connectivity index (χ4v) is 6.11. The molecule has 1 aliphatic heterocycles. The predicted molar refractivity (Wildman–Crippen MR) is 137 cm³/mol. The minimum atomic E-state index is -3.62. The van der Waals surface area contributed by atoms with E-state index in [0.29, 0.717) is 35.5 Å². The summed E-state index contributed by atoms with van der Waals surface area (Å²) in [5.41, 5.74) is 7.45. The highest BCUT2D eigenvalue weighted by Gasteiger charge is 2.27. The first kappa shape index (κ1) is 25.5. The first-order chi connectivity index (χ1) is 16.7. The molecule has 0 atom stereocenters. The number of primary amides is 1. The number of nitrogens with zero attached hydrogens (tertiary/aromatic N) is 3. The fraction of sp³-hybridized carbons (Fsp3) is 0.417. The van der Waals surface area contributed by atoms with E-state index >= 15 is 0 Å². The van der Waals surface area contributed by atoms with E-state index in [1.165, 1.54) is 22.7 Å². The van der Waals surface area contributed by atoms with E-state index in [1.807, 2.05) is 18.7 Å². The second-order valence-corrected chi connectivity index (χ2v) is 11.7. The van der Waals surface area contributed by atoms with Gasteiger partial charge in [-0.2, -0.15) is 16.7 Å². The van der Waals surface area contributed by atoms with E-state index in [4.69, 9.17) is 10.2 Å². The Morgan fingerprint density at radius 3 is 2.54 bits per heavy atom. The molecule has 3 aromatic rings. The maximum Gasteiger partial charge on any atom is 0.252 e. The van der Waals surface area contributed by atoms with Crippen molar-refractivity contribution in [3.8, 4) is 0 Å². The Kier molecular flexibility index (Phi) is 7.67. The molecule has 2 aromatic heterocycles. The monoisotopic (exact) mass is 520 g/mol. The zero-order valence-electron chi connectivity index (χ0n) is 19.8. The van der Waals surface area contributed by atoms with Gasteiger partial charge in [0.2, 0.25) is 15.7 Å². The van der Waals surface area contributed by atoms with Crippen LogP contribution in [0.5, 0.6) is 0 Å². The molecular weight excluding hydrogens is 491 g/mol. The number of pyridine rings is 1.